The molecule has 8 N–H and O–H groups in total. The van der Waals surface area contributed by atoms with Crippen LogP contribution in [-0.4, -0.2) is 69.0 Å². The Kier molecular flexibility index (Phi) is 9.97. The van der Waals surface area contributed by atoms with Gasteiger partial charge in [0.1, 0.15) is 18.1 Å². The molecule has 0 radical (unpaired) electrons. The smallest absolute Gasteiger partial charge is 0.326 e. The van der Waals surface area contributed by atoms with Crippen molar-refractivity contribution in [1.82, 2.24) is 20.9 Å². The van der Waals surface area contributed by atoms with Crippen molar-refractivity contribution in [1.29, 1.82) is 0 Å². The number of nitrogens with two attached hydrogens (primary N) is 1. The van der Waals surface area contributed by atoms with Crippen LogP contribution in [0.1, 0.15) is 39.2 Å². The third kappa shape index (κ3) is 8.08. The van der Waals surface area contributed by atoms with E-state index in [0.29, 0.717) is 5.56 Å². The highest BCUT2D eigenvalue weighted by Crippen LogP contribution is 2.19. The zero-order chi connectivity index (χ0) is 27.0. The van der Waals surface area contributed by atoms with Gasteiger partial charge in [0.15, 0.2) is 0 Å². The fourth-order valence-electron chi connectivity index (χ4n) is 3.66. The van der Waals surface area contributed by atoms with Crippen molar-refractivity contribution in [3.63, 3.8) is 0 Å². The molecule has 196 valence electrons. The molecule has 4 unspecified atom stereocenters. The molecule has 0 bridgehead atoms. The first-order chi connectivity index (χ1) is 16.9. The molecule has 12 heteroatoms. The predicted molar refractivity (Wildman–Crippen MR) is 131 cm³/mol. The first-order valence-electron chi connectivity index (χ1n) is 11.5. The molecule has 0 aliphatic rings. The number of aromatic amines is 1. The van der Waals surface area contributed by atoms with Crippen molar-refractivity contribution in [3.05, 3.63) is 36.0 Å². The number of carbonyl (C=O) groups is 5. The molecule has 0 aliphatic heterocycles. The summed E-state index contributed by atoms with van der Waals surface area (Å²) >= 11 is 0. The monoisotopic (exact) mass is 503 g/mol. The van der Waals surface area contributed by atoms with Crippen molar-refractivity contribution in [2.45, 2.75) is 64.2 Å². The van der Waals surface area contributed by atoms with Crippen molar-refractivity contribution in [3.8, 4) is 0 Å². The standard InChI is InChI=1S/C24H33N5O7/c1-12(2)8-17(27-21(32)13(3)25)22(33)28-18(23(34)29-19(24(35)36)10-20(30)31)9-14-11-26-16-7-5-4-6-15(14)16/h4-7,11-13,17-19,26H,8-10,25H2,1-3H3,(H,27,32)(H,28,33)(H,29,34)(H,30,31)(H,35,36). The van der Waals surface area contributed by atoms with Gasteiger partial charge in [-0.3, -0.25) is 19.2 Å². The molecule has 0 spiro atoms. The van der Waals surface area contributed by atoms with Gasteiger partial charge in [0.2, 0.25) is 17.7 Å². The van der Waals surface area contributed by atoms with Crippen LogP contribution in [-0.2, 0) is 30.4 Å². The summed E-state index contributed by atoms with van der Waals surface area (Å²) in [6.45, 7) is 5.19. The first kappa shape index (κ1) is 28.3. The van der Waals surface area contributed by atoms with Crippen LogP contribution in [0.25, 0.3) is 10.9 Å². The number of aromatic nitrogens is 1. The molecule has 1 aromatic heterocycles. The van der Waals surface area contributed by atoms with Gasteiger partial charge in [-0.15, -0.1) is 0 Å². The van der Waals surface area contributed by atoms with Crippen LogP contribution in [0.5, 0.6) is 0 Å². The quantitative estimate of drug-likeness (QED) is 0.199. The van der Waals surface area contributed by atoms with Crippen molar-refractivity contribution in [2.24, 2.45) is 11.7 Å². The number of fused-ring (bicyclic) bond motifs is 1. The Morgan fingerprint density at radius 1 is 0.889 bits per heavy atom. The highest BCUT2D eigenvalue weighted by molar-refractivity contribution is 5.95. The SMILES string of the molecule is CC(C)CC(NC(=O)C(C)N)C(=O)NC(Cc1c[nH]c2ccccc12)C(=O)NC(CC(=O)O)C(=O)O. The lowest BCUT2D eigenvalue weighted by Gasteiger charge is -2.25. The fourth-order valence-corrected chi connectivity index (χ4v) is 3.66. The topological polar surface area (TPSA) is 204 Å². The molecule has 1 heterocycles. The van der Waals surface area contributed by atoms with Crippen LogP contribution in [0.4, 0.5) is 0 Å². The molecule has 0 aliphatic carbocycles. The number of hydrogen-bond donors (Lipinski definition) is 7. The van der Waals surface area contributed by atoms with E-state index in [1.165, 1.54) is 6.92 Å². The number of carbonyl (C=O) groups excluding carboxylic acids is 3. The van der Waals surface area contributed by atoms with E-state index in [1.807, 2.05) is 38.1 Å². The Bertz CT molecular complexity index is 1110. The maximum Gasteiger partial charge on any atom is 0.326 e. The summed E-state index contributed by atoms with van der Waals surface area (Å²) in [5.41, 5.74) is 7.09. The van der Waals surface area contributed by atoms with Gasteiger partial charge >= 0.3 is 11.9 Å². The van der Waals surface area contributed by atoms with E-state index in [9.17, 15) is 29.1 Å². The molecule has 2 aromatic rings. The van der Waals surface area contributed by atoms with Crippen LogP contribution < -0.4 is 21.7 Å². The van der Waals surface area contributed by atoms with E-state index in [4.69, 9.17) is 10.8 Å². The van der Waals surface area contributed by atoms with E-state index in [1.54, 1.807) is 6.20 Å². The van der Waals surface area contributed by atoms with Gasteiger partial charge in [-0.25, -0.2) is 4.79 Å². The minimum Gasteiger partial charge on any atom is -0.481 e. The summed E-state index contributed by atoms with van der Waals surface area (Å²) in [6, 6.07) is 2.50. The van der Waals surface area contributed by atoms with Crippen LogP contribution in [0, 0.1) is 5.92 Å². The second-order valence-electron chi connectivity index (χ2n) is 9.10. The van der Waals surface area contributed by atoms with Gasteiger partial charge in [0, 0.05) is 23.5 Å². The summed E-state index contributed by atoms with van der Waals surface area (Å²) in [5.74, 6) is -4.98. The number of amides is 3. The minimum atomic E-state index is -1.69. The first-order valence-corrected chi connectivity index (χ1v) is 11.5. The van der Waals surface area contributed by atoms with E-state index >= 15 is 0 Å². The Balaban J connectivity index is 2.34. The van der Waals surface area contributed by atoms with Crippen LogP contribution in [0.3, 0.4) is 0 Å². The minimum absolute atomic E-state index is 0.0157. The molecule has 0 saturated heterocycles. The molecule has 3 amide bonds. The molecule has 0 fully saturated rings. The van der Waals surface area contributed by atoms with Gasteiger partial charge < -0.3 is 36.9 Å². The average Bonchev–Trinajstić information content (AvgIpc) is 3.19. The fraction of sp³-hybridized carbons (Fsp3) is 0.458. The summed E-state index contributed by atoms with van der Waals surface area (Å²) in [5, 5.41) is 26.5. The normalized spacial score (nSPS) is 14.5. The number of carboxylic acids is 2. The lowest BCUT2D eigenvalue weighted by atomic mass is 10.00. The van der Waals surface area contributed by atoms with Crippen LogP contribution in [0.2, 0.25) is 0 Å². The van der Waals surface area contributed by atoms with Crippen LogP contribution >= 0.6 is 0 Å². The Morgan fingerprint density at radius 3 is 2.06 bits per heavy atom. The largest absolute Gasteiger partial charge is 0.481 e. The predicted octanol–water partition coefficient (Wildman–Crippen LogP) is 0.117. The lowest BCUT2D eigenvalue weighted by molar-refractivity contribution is -0.147. The Morgan fingerprint density at radius 2 is 1.47 bits per heavy atom. The maximum atomic E-state index is 13.2. The summed E-state index contributed by atoms with van der Waals surface area (Å²) in [6.07, 6.45) is 1.08. The van der Waals surface area contributed by atoms with Crippen molar-refractivity contribution < 1.29 is 34.2 Å². The second kappa shape index (κ2) is 12.7. The van der Waals surface area contributed by atoms with Gasteiger partial charge in [0.25, 0.3) is 0 Å². The summed E-state index contributed by atoms with van der Waals surface area (Å²) < 4.78 is 0. The van der Waals surface area contributed by atoms with Gasteiger partial charge in [-0.1, -0.05) is 32.0 Å². The Labute approximate surface area is 208 Å². The number of H-pyrrole nitrogens is 1. The number of para-hydroxylation sites is 1. The highest BCUT2D eigenvalue weighted by Gasteiger charge is 2.31. The van der Waals surface area contributed by atoms with Crippen molar-refractivity contribution in [2.75, 3.05) is 0 Å². The van der Waals surface area contributed by atoms with E-state index in [0.717, 1.165) is 10.9 Å². The van der Waals surface area contributed by atoms with Gasteiger partial charge in [-0.05, 0) is 30.9 Å². The van der Waals surface area contributed by atoms with Gasteiger partial charge in [-0.2, -0.15) is 0 Å². The molecular weight excluding hydrogens is 470 g/mol. The average molecular weight is 504 g/mol. The number of benzene rings is 1. The number of rotatable bonds is 13. The number of hydrogen-bond acceptors (Lipinski definition) is 6. The van der Waals surface area contributed by atoms with Gasteiger partial charge in [0.05, 0.1) is 12.5 Å². The molecule has 4 atom stereocenters. The molecule has 2 rings (SSSR count). The van der Waals surface area contributed by atoms with Crippen LogP contribution in [0.15, 0.2) is 30.5 Å². The molecule has 12 nitrogen and oxygen atoms in total. The highest BCUT2D eigenvalue weighted by atomic mass is 16.4. The molecule has 0 saturated carbocycles. The molecular formula is C24H33N5O7. The second-order valence-corrected chi connectivity index (χ2v) is 9.10. The van der Waals surface area contributed by atoms with Crippen molar-refractivity contribution >= 4 is 40.6 Å². The van der Waals surface area contributed by atoms with E-state index < -0.39 is 60.2 Å². The number of nitrogens with one attached hydrogen (secondary N) is 4. The summed E-state index contributed by atoms with van der Waals surface area (Å²) in [7, 11) is 0. The zero-order valence-corrected chi connectivity index (χ0v) is 20.4. The third-order valence-corrected chi connectivity index (χ3v) is 5.48. The molecule has 1 aromatic carbocycles. The molecule has 36 heavy (non-hydrogen) atoms. The number of aliphatic carboxylic acids is 2. The summed E-state index contributed by atoms with van der Waals surface area (Å²) in [4.78, 5) is 64.1. The Hall–Kier alpha value is -3.93. The number of carboxylic acid groups (broad SMARTS) is 2. The van der Waals surface area contributed by atoms with E-state index in [2.05, 4.69) is 20.9 Å². The van der Waals surface area contributed by atoms with E-state index in [-0.39, 0.29) is 18.8 Å². The zero-order valence-electron chi connectivity index (χ0n) is 20.4. The third-order valence-electron chi connectivity index (χ3n) is 5.48. The lowest BCUT2D eigenvalue weighted by Crippen LogP contribution is -2.57. The maximum absolute atomic E-state index is 13.2.